The van der Waals surface area contributed by atoms with Crippen LogP contribution < -0.4 is 10.6 Å². The van der Waals surface area contributed by atoms with E-state index in [2.05, 4.69) is 26.6 Å². The zero-order chi connectivity index (χ0) is 13.9. The van der Waals surface area contributed by atoms with E-state index in [1.165, 1.54) is 0 Å². The standard InChI is InChI=1S/C12H18BrN3O2/c1-7(2)16-6-9(13)5-10(16)12(18)15-8(3)11(17)14-4/h5-8H,1-4H3,(H,14,17)(H,15,18). The second-order valence-electron chi connectivity index (χ2n) is 4.35. The van der Waals surface area contributed by atoms with Crippen LogP contribution in [0.4, 0.5) is 0 Å². The molecule has 0 aromatic carbocycles. The smallest absolute Gasteiger partial charge is 0.268 e. The number of hydrogen-bond acceptors (Lipinski definition) is 2. The Morgan fingerprint density at radius 3 is 2.44 bits per heavy atom. The first-order valence-corrected chi connectivity index (χ1v) is 6.56. The molecule has 1 unspecified atom stereocenters. The number of rotatable bonds is 4. The molecule has 2 N–H and O–H groups in total. The summed E-state index contributed by atoms with van der Waals surface area (Å²) in [7, 11) is 1.54. The summed E-state index contributed by atoms with van der Waals surface area (Å²) in [5.74, 6) is -0.476. The highest BCUT2D eigenvalue weighted by atomic mass is 79.9. The first kappa shape index (κ1) is 14.8. The number of halogens is 1. The van der Waals surface area contributed by atoms with Gasteiger partial charge in [0.1, 0.15) is 11.7 Å². The minimum Gasteiger partial charge on any atom is -0.357 e. The molecule has 0 fully saturated rings. The maximum atomic E-state index is 12.1. The van der Waals surface area contributed by atoms with Crippen molar-refractivity contribution in [3.05, 3.63) is 22.4 Å². The summed E-state index contributed by atoms with van der Waals surface area (Å²) < 4.78 is 2.70. The Hall–Kier alpha value is -1.30. The average molecular weight is 316 g/mol. The fourth-order valence-corrected chi connectivity index (χ4v) is 2.04. The molecular formula is C12H18BrN3O2. The van der Waals surface area contributed by atoms with Crippen molar-refractivity contribution in [2.45, 2.75) is 32.9 Å². The van der Waals surface area contributed by atoms with E-state index in [0.29, 0.717) is 5.69 Å². The van der Waals surface area contributed by atoms with Crippen LogP contribution in [0.1, 0.15) is 37.3 Å². The van der Waals surface area contributed by atoms with Gasteiger partial charge in [-0.3, -0.25) is 9.59 Å². The summed E-state index contributed by atoms with van der Waals surface area (Å²) in [4.78, 5) is 23.4. The van der Waals surface area contributed by atoms with Gasteiger partial charge >= 0.3 is 0 Å². The highest BCUT2D eigenvalue weighted by Gasteiger charge is 2.19. The maximum Gasteiger partial charge on any atom is 0.268 e. The van der Waals surface area contributed by atoms with Crippen LogP contribution in [0.5, 0.6) is 0 Å². The van der Waals surface area contributed by atoms with Gasteiger partial charge in [-0.2, -0.15) is 0 Å². The quantitative estimate of drug-likeness (QED) is 0.888. The number of nitrogens with zero attached hydrogens (tertiary/aromatic N) is 1. The van der Waals surface area contributed by atoms with E-state index in [9.17, 15) is 9.59 Å². The number of carbonyl (C=O) groups excluding carboxylic acids is 2. The van der Waals surface area contributed by atoms with E-state index in [4.69, 9.17) is 0 Å². The molecule has 0 spiro atoms. The Morgan fingerprint density at radius 1 is 1.33 bits per heavy atom. The van der Waals surface area contributed by atoms with Crippen molar-refractivity contribution in [3.8, 4) is 0 Å². The van der Waals surface area contributed by atoms with Gasteiger partial charge in [0.25, 0.3) is 5.91 Å². The molecule has 1 aromatic heterocycles. The van der Waals surface area contributed by atoms with E-state index < -0.39 is 6.04 Å². The van der Waals surface area contributed by atoms with E-state index in [-0.39, 0.29) is 17.9 Å². The number of likely N-dealkylation sites (N-methyl/N-ethyl adjacent to an activating group) is 1. The van der Waals surface area contributed by atoms with Crippen LogP contribution >= 0.6 is 15.9 Å². The predicted octanol–water partition coefficient (Wildman–Crippen LogP) is 1.70. The van der Waals surface area contributed by atoms with Crippen LogP contribution in [-0.2, 0) is 4.79 Å². The van der Waals surface area contributed by atoms with Gasteiger partial charge in [-0.05, 0) is 42.8 Å². The molecule has 0 aliphatic carbocycles. The molecule has 100 valence electrons. The number of aromatic nitrogens is 1. The normalized spacial score (nSPS) is 12.3. The van der Waals surface area contributed by atoms with Gasteiger partial charge in [-0.1, -0.05) is 0 Å². The van der Waals surface area contributed by atoms with Crippen molar-refractivity contribution in [3.63, 3.8) is 0 Å². The summed E-state index contributed by atoms with van der Waals surface area (Å²) in [6, 6.07) is 1.36. The zero-order valence-electron chi connectivity index (χ0n) is 11.0. The number of carbonyl (C=O) groups is 2. The molecule has 1 atom stereocenters. The molecule has 1 aromatic rings. The van der Waals surface area contributed by atoms with Gasteiger partial charge in [0.2, 0.25) is 5.91 Å². The molecule has 0 radical (unpaired) electrons. The SMILES string of the molecule is CNC(=O)C(C)NC(=O)c1cc(Br)cn1C(C)C. The molecule has 18 heavy (non-hydrogen) atoms. The molecule has 1 rings (SSSR count). The molecule has 6 heteroatoms. The van der Waals surface area contributed by atoms with Gasteiger partial charge in [0, 0.05) is 23.8 Å². The molecule has 5 nitrogen and oxygen atoms in total. The highest BCUT2D eigenvalue weighted by Crippen LogP contribution is 2.19. The van der Waals surface area contributed by atoms with Crippen LogP contribution in [0.25, 0.3) is 0 Å². The molecule has 0 saturated carbocycles. The first-order valence-electron chi connectivity index (χ1n) is 5.76. The van der Waals surface area contributed by atoms with Crippen LogP contribution in [0, 0.1) is 0 Å². The third-order valence-corrected chi connectivity index (χ3v) is 3.03. The van der Waals surface area contributed by atoms with E-state index in [1.807, 2.05) is 24.6 Å². The summed E-state index contributed by atoms with van der Waals surface area (Å²) >= 11 is 3.35. The van der Waals surface area contributed by atoms with Crippen molar-refractivity contribution >= 4 is 27.7 Å². The van der Waals surface area contributed by atoms with Gasteiger partial charge in [-0.25, -0.2) is 0 Å². The molecular weight excluding hydrogens is 298 g/mol. The average Bonchev–Trinajstić information content (AvgIpc) is 2.70. The van der Waals surface area contributed by atoms with Gasteiger partial charge in [-0.15, -0.1) is 0 Å². The largest absolute Gasteiger partial charge is 0.357 e. The molecule has 2 amide bonds. The van der Waals surface area contributed by atoms with E-state index >= 15 is 0 Å². The Kier molecular flexibility index (Phi) is 4.95. The highest BCUT2D eigenvalue weighted by molar-refractivity contribution is 9.10. The fraction of sp³-hybridized carbons (Fsp3) is 0.500. The fourth-order valence-electron chi connectivity index (χ4n) is 1.61. The van der Waals surface area contributed by atoms with Crippen molar-refractivity contribution < 1.29 is 9.59 Å². The second kappa shape index (κ2) is 6.04. The molecule has 0 bridgehead atoms. The minimum atomic E-state index is -0.559. The summed E-state index contributed by atoms with van der Waals surface area (Å²) in [5, 5.41) is 5.16. The van der Waals surface area contributed by atoms with Crippen LogP contribution in [0.15, 0.2) is 16.7 Å². The predicted molar refractivity (Wildman–Crippen MR) is 73.5 cm³/mol. The van der Waals surface area contributed by atoms with Crippen molar-refractivity contribution in [2.24, 2.45) is 0 Å². The van der Waals surface area contributed by atoms with Gasteiger partial charge in [0.15, 0.2) is 0 Å². The summed E-state index contributed by atoms with van der Waals surface area (Å²) in [6.07, 6.45) is 1.85. The third-order valence-electron chi connectivity index (χ3n) is 2.59. The second-order valence-corrected chi connectivity index (χ2v) is 5.27. The molecule has 0 aliphatic heterocycles. The monoisotopic (exact) mass is 315 g/mol. The lowest BCUT2D eigenvalue weighted by atomic mass is 10.3. The zero-order valence-corrected chi connectivity index (χ0v) is 12.5. The summed E-state index contributed by atoms with van der Waals surface area (Å²) in [6.45, 7) is 5.63. The lowest BCUT2D eigenvalue weighted by Gasteiger charge is -2.15. The third kappa shape index (κ3) is 3.35. The Morgan fingerprint density at radius 2 is 1.94 bits per heavy atom. The topological polar surface area (TPSA) is 63.1 Å². The molecule has 0 saturated heterocycles. The molecule has 0 aliphatic rings. The van der Waals surface area contributed by atoms with Gasteiger partial charge < -0.3 is 15.2 Å². The van der Waals surface area contributed by atoms with Crippen LogP contribution in [-0.4, -0.2) is 29.5 Å². The number of amides is 2. The number of nitrogens with one attached hydrogen (secondary N) is 2. The van der Waals surface area contributed by atoms with E-state index in [0.717, 1.165) is 4.47 Å². The Labute approximate surface area is 115 Å². The molecule has 1 heterocycles. The van der Waals surface area contributed by atoms with Crippen LogP contribution in [0.3, 0.4) is 0 Å². The first-order chi connectivity index (χ1) is 8.36. The lowest BCUT2D eigenvalue weighted by molar-refractivity contribution is -0.122. The van der Waals surface area contributed by atoms with Crippen molar-refractivity contribution in [1.29, 1.82) is 0 Å². The Balaban J connectivity index is 2.87. The Bertz CT molecular complexity index is 454. The van der Waals surface area contributed by atoms with Crippen molar-refractivity contribution in [1.82, 2.24) is 15.2 Å². The number of hydrogen-bond donors (Lipinski definition) is 2. The van der Waals surface area contributed by atoms with Crippen molar-refractivity contribution in [2.75, 3.05) is 7.05 Å². The van der Waals surface area contributed by atoms with Gasteiger partial charge in [0.05, 0.1) is 0 Å². The van der Waals surface area contributed by atoms with Crippen LogP contribution in [0.2, 0.25) is 0 Å². The minimum absolute atomic E-state index is 0.173. The maximum absolute atomic E-state index is 12.1. The summed E-state index contributed by atoms with van der Waals surface area (Å²) in [5.41, 5.74) is 0.535. The lowest BCUT2D eigenvalue weighted by Crippen LogP contribution is -2.44. The van der Waals surface area contributed by atoms with E-state index in [1.54, 1.807) is 20.0 Å².